The monoisotopic (exact) mass is 392 g/mol. The van der Waals surface area contributed by atoms with E-state index in [9.17, 15) is 4.39 Å². The Hall–Kier alpha value is -1.29. The third kappa shape index (κ3) is 14.7. The average molecular weight is 393 g/mol. The van der Waals surface area contributed by atoms with E-state index in [1.165, 1.54) is 69.8 Å². The molecule has 1 aliphatic carbocycles. The van der Waals surface area contributed by atoms with Crippen LogP contribution in [0.4, 0.5) is 4.39 Å². The van der Waals surface area contributed by atoms with Crippen LogP contribution in [0, 0.1) is 18.2 Å². The summed E-state index contributed by atoms with van der Waals surface area (Å²) in [5.41, 5.74) is 1.52. The molecule has 0 amide bonds. The fourth-order valence-electron chi connectivity index (χ4n) is 3.25. The highest BCUT2D eigenvalue weighted by Gasteiger charge is 2.33. The van der Waals surface area contributed by atoms with Gasteiger partial charge in [0.15, 0.2) is 0 Å². The molecule has 0 nitrogen and oxygen atoms in total. The highest BCUT2D eigenvalue weighted by molar-refractivity contribution is 5.26. The minimum Gasteiger partial charge on any atom is -0.207 e. The van der Waals surface area contributed by atoms with Crippen LogP contribution in [0.2, 0.25) is 0 Å². The molecule has 0 heterocycles. The fraction of sp³-hybridized carbons (Fsp3) is 0.704. The topological polar surface area (TPSA) is 0 Å². The van der Waals surface area contributed by atoms with Crippen molar-refractivity contribution in [1.29, 1.82) is 0 Å². The largest absolute Gasteiger partial charge is 0.207 e. The molecule has 1 aromatic carbocycles. The van der Waals surface area contributed by atoms with Crippen molar-refractivity contribution in [3.63, 3.8) is 0 Å². The second kappa shape index (κ2) is 23.7. The third-order valence-electron chi connectivity index (χ3n) is 4.76. The van der Waals surface area contributed by atoms with Crippen LogP contribution < -0.4 is 0 Å². The number of hydrogen-bond acceptors (Lipinski definition) is 0. The van der Waals surface area contributed by atoms with Gasteiger partial charge in [-0.1, -0.05) is 106 Å². The Balaban J connectivity index is -0.000000480. The van der Waals surface area contributed by atoms with Crippen LogP contribution in [-0.4, -0.2) is 0 Å². The van der Waals surface area contributed by atoms with Crippen LogP contribution in [0.5, 0.6) is 0 Å². The number of hydrogen-bond donors (Lipinski definition) is 0. The summed E-state index contributed by atoms with van der Waals surface area (Å²) in [6.45, 7) is 16.3. The van der Waals surface area contributed by atoms with Crippen molar-refractivity contribution in [1.82, 2.24) is 0 Å². The normalized spacial score (nSPS) is 13.4. The maximum atomic E-state index is 13.4. The molecule has 0 spiro atoms. The highest BCUT2D eigenvalue weighted by Crippen LogP contribution is 2.43. The molecular weight excluding hydrogens is 343 g/mol. The van der Waals surface area contributed by atoms with Gasteiger partial charge in [0.05, 0.1) is 0 Å². The summed E-state index contributed by atoms with van der Waals surface area (Å²) in [6.07, 6.45) is 17.4. The van der Waals surface area contributed by atoms with E-state index in [4.69, 9.17) is 0 Å². The number of unbranched alkanes of at least 4 members (excludes halogenated alkanes) is 2. The molecule has 0 atom stereocenters. The van der Waals surface area contributed by atoms with Gasteiger partial charge in [-0.05, 0) is 49.3 Å². The summed E-state index contributed by atoms with van der Waals surface area (Å²) < 4.78 is 13.4. The summed E-state index contributed by atoms with van der Waals surface area (Å²) >= 11 is 0. The van der Waals surface area contributed by atoms with E-state index < -0.39 is 0 Å². The van der Waals surface area contributed by atoms with Gasteiger partial charge < -0.3 is 0 Å². The van der Waals surface area contributed by atoms with E-state index in [0.717, 1.165) is 0 Å². The molecule has 0 N–H and O–H groups in total. The van der Waals surface area contributed by atoms with Crippen molar-refractivity contribution in [3.8, 4) is 12.3 Å². The summed E-state index contributed by atoms with van der Waals surface area (Å²) in [5.74, 6) is 2.17. The fourth-order valence-corrected chi connectivity index (χ4v) is 3.25. The lowest BCUT2D eigenvalue weighted by Gasteiger charge is -2.38. The zero-order valence-corrected chi connectivity index (χ0v) is 20.3. The highest BCUT2D eigenvalue weighted by atomic mass is 19.1. The lowest BCUT2D eigenvalue weighted by molar-refractivity contribution is 0.267. The van der Waals surface area contributed by atoms with Gasteiger partial charge in [-0.3, -0.25) is 0 Å². The molecule has 1 fully saturated rings. The molecule has 28 heavy (non-hydrogen) atoms. The number of benzene rings is 1. The second-order valence-corrected chi connectivity index (χ2v) is 6.74. The molecule has 1 heteroatoms. The molecule has 1 aromatic rings. The molecule has 0 radical (unpaired) electrons. The first-order valence-corrected chi connectivity index (χ1v) is 11.7. The minimum absolute atomic E-state index is 0.0797. The predicted molar refractivity (Wildman–Crippen MR) is 128 cm³/mol. The van der Waals surface area contributed by atoms with Crippen LogP contribution in [-0.2, 0) is 5.41 Å². The Morgan fingerprint density at radius 3 is 1.82 bits per heavy atom. The van der Waals surface area contributed by atoms with Crippen molar-refractivity contribution in [2.75, 3.05) is 0 Å². The van der Waals surface area contributed by atoms with Gasteiger partial charge in [0.25, 0.3) is 0 Å². The van der Waals surface area contributed by atoms with Gasteiger partial charge in [-0.2, -0.15) is 0 Å². The average Bonchev–Trinajstić information content (AvgIpc) is 2.76. The molecule has 1 saturated carbocycles. The van der Waals surface area contributed by atoms with Crippen molar-refractivity contribution in [3.05, 3.63) is 35.6 Å². The smallest absolute Gasteiger partial charge is 0.123 e. The van der Waals surface area contributed by atoms with E-state index in [1.54, 1.807) is 19.1 Å². The Labute approximate surface area is 177 Å². The van der Waals surface area contributed by atoms with Gasteiger partial charge in [0.1, 0.15) is 5.82 Å². The molecule has 0 unspecified atom stereocenters. The van der Waals surface area contributed by atoms with E-state index in [1.807, 2.05) is 33.8 Å². The first-order valence-electron chi connectivity index (χ1n) is 11.7. The summed E-state index contributed by atoms with van der Waals surface area (Å²) in [5, 5.41) is 0. The van der Waals surface area contributed by atoms with Gasteiger partial charge in [-0.15, -0.1) is 12.3 Å². The van der Waals surface area contributed by atoms with E-state index in [2.05, 4.69) is 39.2 Å². The van der Waals surface area contributed by atoms with E-state index >= 15 is 0 Å². The lowest BCUT2D eigenvalue weighted by atomic mass is 9.67. The third-order valence-corrected chi connectivity index (χ3v) is 4.76. The Bertz CT molecular complexity index is 448. The van der Waals surface area contributed by atoms with Crippen molar-refractivity contribution in [2.45, 2.75) is 125 Å². The molecule has 0 bridgehead atoms. The first-order chi connectivity index (χ1) is 13.6. The predicted octanol–water partition coefficient (Wildman–Crippen LogP) is 9.72. The molecule has 0 aromatic heterocycles. The van der Waals surface area contributed by atoms with Crippen LogP contribution in [0.15, 0.2) is 24.3 Å². The quantitative estimate of drug-likeness (QED) is 0.437. The first kappa shape index (κ1) is 31.4. The zero-order valence-electron chi connectivity index (χ0n) is 20.3. The van der Waals surface area contributed by atoms with Gasteiger partial charge >= 0.3 is 0 Å². The number of halogens is 1. The Morgan fingerprint density at radius 1 is 0.929 bits per heavy atom. The number of terminal acetylenes is 1. The molecule has 1 aliphatic rings. The SMILES string of the molecule is C#CC.CC.CC.CCCC.CCCCC1(c2cccc(F)c2)CCCCC1. The maximum Gasteiger partial charge on any atom is 0.123 e. The molecule has 0 aliphatic heterocycles. The van der Waals surface area contributed by atoms with Crippen LogP contribution in [0.3, 0.4) is 0 Å². The van der Waals surface area contributed by atoms with E-state index in [-0.39, 0.29) is 11.2 Å². The minimum atomic E-state index is -0.0797. The van der Waals surface area contributed by atoms with Crippen LogP contribution in [0.25, 0.3) is 0 Å². The molecular formula is C27H49F. The van der Waals surface area contributed by atoms with Crippen molar-refractivity contribution in [2.24, 2.45) is 0 Å². The Morgan fingerprint density at radius 2 is 1.43 bits per heavy atom. The number of rotatable bonds is 5. The van der Waals surface area contributed by atoms with Crippen LogP contribution in [0.1, 0.15) is 125 Å². The molecule has 0 saturated heterocycles. The van der Waals surface area contributed by atoms with E-state index in [0.29, 0.717) is 0 Å². The van der Waals surface area contributed by atoms with Crippen molar-refractivity contribution < 1.29 is 4.39 Å². The lowest BCUT2D eigenvalue weighted by Crippen LogP contribution is -2.29. The summed E-state index contributed by atoms with van der Waals surface area (Å²) in [7, 11) is 0. The van der Waals surface area contributed by atoms with Gasteiger partial charge in [0, 0.05) is 0 Å². The van der Waals surface area contributed by atoms with Crippen molar-refractivity contribution >= 4 is 0 Å². The molecule has 164 valence electrons. The standard InChI is InChI=1S/C16H23F.C4H10.C3H4.2C2H6/c1-2-3-10-16(11-5-4-6-12-16)14-8-7-9-15(17)13-14;1-3-4-2;1-3-2;2*1-2/h7-9,13H,2-6,10-12H2,1H3;3-4H2,1-2H3;1H,2H3;2*1-2H3. The summed E-state index contributed by atoms with van der Waals surface area (Å²) in [4.78, 5) is 0. The zero-order chi connectivity index (χ0) is 22.3. The summed E-state index contributed by atoms with van der Waals surface area (Å²) in [6, 6.07) is 7.32. The molecule has 2 rings (SSSR count). The van der Waals surface area contributed by atoms with Gasteiger partial charge in [0.2, 0.25) is 0 Å². The maximum absolute atomic E-state index is 13.4. The van der Waals surface area contributed by atoms with Gasteiger partial charge in [-0.25, -0.2) is 4.39 Å². The Kier molecular flexibility index (Phi) is 26.6. The van der Waals surface area contributed by atoms with Crippen LogP contribution >= 0.6 is 0 Å². The second-order valence-electron chi connectivity index (χ2n) is 6.74.